The Morgan fingerprint density at radius 1 is 1.00 bits per heavy atom. The molecule has 0 heterocycles. The van der Waals surface area contributed by atoms with Gasteiger partial charge in [-0.15, -0.1) is 0 Å². The van der Waals surface area contributed by atoms with Gasteiger partial charge in [-0.1, -0.05) is 13.2 Å². The van der Waals surface area contributed by atoms with Gasteiger partial charge in [0.05, 0.1) is 0 Å². The molecule has 2 nitrogen and oxygen atoms in total. The summed E-state index contributed by atoms with van der Waals surface area (Å²) in [5.74, 6) is 0. The highest BCUT2D eigenvalue weighted by atomic mass is 16.1. The summed E-state index contributed by atoms with van der Waals surface area (Å²) in [6.07, 6.45) is 0. The lowest BCUT2D eigenvalue weighted by molar-refractivity contribution is -0.111. The third kappa shape index (κ3) is 3.55. The minimum atomic E-state index is -0.335. The van der Waals surface area contributed by atoms with Crippen molar-refractivity contribution < 1.29 is 9.59 Å². The van der Waals surface area contributed by atoms with Crippen molar-refractivity contribution >= 4 is 18.6 Å². The highest BCUT2D eigenvalue weighted by Crippen LogP contribution is 1.93. The fraction of sp³-hybridized carbons (Fsp3) is 0.250. The molecular weight excluding hydrogens is 139 g/mol. The molecule has 0 bridgehead atoms. The SMILES string of the molecule is C=C(C)C(=O)[B]C(=O)C(=C)C. The van der Waals surface area contributed by atoms with Crippen molar-refractivity contribution in [1.29, 1.82) is 0 Å². The molecule has 57 valence electrons. The normalized spacial score (nSPS) is 8.55. The number of carbonyl (C=O) groups is 2. The molecule has 0 saturated heterocycles. The van der Waals surface area contributed by atoms with Gasteiger partial charge in [0.15, 0.2) is 0 Å². The van der Waals surface area contributed by atoms with Gasteiger partial charge in [0.2, 0.25) is 0 Å². The maximum absolute atomic E-state index is 10.8. The van der Waals surface area contributed by atoms with Crippen LogP contribution in [0.5, 0.6) is 0 Å². The lowest BCUT2D eigenvalue weighted by atomic mass is 9.64. The fourth-order valence-electron chi connectivity index (χ4n) is 0.365. The molecule has 11 heavy (non-hydrogen) atoms. The molecule has 0 fully saturated rings. The second-order valence-corrected chi connectivity index (χ2v) is 2.43. The Morgan fingerprint density at radius 2 is 1.27 bits per heavy atom. The first kappa shape index (κ1) is 9.88. The Morgan fingerprint density at radius 3 is 1.45 bits per heavy atom. The van der Waals surface area contributed by atoms with Gasteiger partial charge in [-0.25, -0.2) is 0 Å². The first-order valence-corrected chi connectivity index (χ1v) is 3.19. The highest BCUT2D eigenvalue weighted by Gasteiger charge is 2.12. The van der Waals surface area contributed by atoms with Crippen LogP contribution in [0.4, 0.5) is 0 Å². The van der Waals surface area contributed by atoms with Crippen LogP contribution in [0.3, 0.4) is 0 Å². The molecular formula is C8H10BO2. The Balaban J connectivity index is 4.07. The van der Waals surface area contributed by atoms with E-state index in [1.54, 1.807) is 13.8 Å². The van der Waals surface area contributed by atoms with Gasteiger partial charge in [-0.05, 0) is 25.0 Å². The van der Waals surface area contributed by atoms with Crippen LogP contribution in [0.25, 0.3) is 0 Å². The molecule has 0 aliphatic carbocycles. The van der Waals surface area contributed by atoms with Crippen molar-refractivity contribution in [3.8, 4) is 0 Å². The first-order chi connectivity index (χ1) is 4.95. The summed E-state index contributed by atoms with van der Waals surface area (Å²) < 4.78 is 0. The number of carbonyl (C=O) groups excluding carboxylic acids is 2. The minimum Gasteiger partial charge on any atom is -0.306 e. The average molecular weight is 149 g/mol. The van der Waals surface area contributed by atoms with Crippen LogP contribution in [0.1, 0.15) is 13.8 Å². The van der Waals surface area contributed by atoms with Crippen LogP contribution in [0, 0.1) is 0 Å². The molecule has 0 aromatic heterocycles. The van der Waals surface area contributed by atoms with Gasteiger partial charge < -0.3 is 9.59 Å². The molecule has 0 spiro atoms. The van der Waals surface area contributed by atoms with Crippen LogP contribution in [0.15, 0.2) is 24.3 Å². The van der Waals surface area contributed by atoms with Crippen LogP contribution in [0.2, 0.25) is 0 Å². The third-order valence-electron chi connectivity index (χ3n) is 1.10. The van der Waals surface area contributed by atoms with Gasteiger partial charge in [0.1, 0.15) is 11.4 Å². The first-order valence-electron chi connectivity index (χ1n) is 3.19. The molecule has 0 unspecified atom stereocenters. The van der Waals surface area contributed by atoms with Gasteiger partial charge in [0.25, 0.3) is 0 Å². The molecule has 0 aromatic carbocycles. The Hall–Kier alpha value is -1.12. The number of allylic oxidation sites excluding steroid dienone is 2. The van der Waals surface area contributed by atoms with E-state index in [1.807, 2.05) is 0 Å². The van der Waals surface area contributed by atoms with E-state index in [2.05, 4.69) is 13.2 Å². The van der Waals surface area contributed by atoms with E-state index in [0.717, 1.165) is 7.28 Å². The molecule has 0 aromatic rings. The zero-order valence-electron chi connectivity index (χ0n) is 6.81. The summed E-state index contributed by atoms with van der Waals surface area (Å²) >= 11 is 0. The van der Waals surface area contributed by atoms with E-state index in [4.69, 9.17) is 0 Å². The van der Waals surface area contributed by atoms with Crippen molar-refractivity contribution in [2.75, 3.05) is 0 Å². The second kappa shape index (κ2) is 3.91. The van der Waals surface area contributed by atoms with Gasteiger partial charge in [0, 0.05) is 0 Å². The monoisotopic (exact) mass is 149 g/mol. The lowest BCUT2D eigenvalue weighted by Gasteiger charge is -1.95. The summed E-state index contributed by atoms with van der Waals surface area (Å²) in [5, 5.41) is 0. The summed E-state index contributed by atoms with van der Waals surface area (Å²) in [5.41, 5.74) is 0.0511. The summed E-state index contributed by atoms with van der Waals surface area (Å²) in [6, 6.07) is 0. The maximum atomic E-state index is 10.8. The fourth-order valence-corrected chi connectivity index (χ4v) is 0.365. The largest absolute Gasteiger partial charge is 0.306 e. The number of hydrogen-bond acceptors (Lipinski definition) is 2. The predicted octanol–water partition coefficient (Wildman–Crippen LogP) is 0.896. The van der Waals surface area contributed by atoms with Crippen molar-refractivity contribution in [3.63, 3.8) is 0 Å². The predicted molar refractivity (Wildman–Crippen MR) is 45.4 cm³/mol. The smallest absolute Gasteiger partial charge is 0.303 e. The van der Waals surface area contributed by atoms with E-state index in [-0.39, 0.29) is 11.4 Å². The van der Waals surface area contributed by atoms with E-state index >= 15 is 0 Å². The molecule has 0 N–H and O–H groups in total. The molecule has 3 heteroatoms. The third-order valence-corrected chi connectivity index (χ3v) is 1.10. The second-order valence-electron chi connectivity index (χ2n) is 2.43. The molecule has 0 rings (SSSR count). The summed E-state index contributed by atoms with van der Waals surface area (Å²) in [6.45, 7) is 9.93. The van der Waals surface area contributed by atoms with E-state index in [1.165, 1.54) is 0 Å². The van der Waals surface area contributed by atoms with Crippen molar-refractivity contribution in [2.45, 2.75) is 13.8 Å². The van der Waals surface area contributed by atoms with E-state index in [9.17, 15) is 9.59 Å². The van der Waals surface area contributed by atoms with Crippen LogP contribution in [-0.2, 0) is 9.59 Å². The summed E-state index contributed by atoms with van der Waals surface area (Å²) in [7, 11) is 1.00. The van der Waals surface area contributed by atoms with Crippen molar-refractivity contribution in [3.05, 3.63) is 24.3 Å². The molecule has 0 aliphatic rings. The van der Waals surface area contributed by atoms with Crippen molar-refractivity contribution in [2.24, 2.45) is 0 Å². The van der Waals surface area contributed by atoms with Gasteiger partial charge in [-0.3, -0.25) is 0 Å². The quantitative estimate of drug-likeness (QED) is 0.439. The van der Waals surface area contributed by atoms with Crippen molar-refractivity contribution in [1.82, 2.24) is 0 Å². The molecule has 0 atom stereocenters. The number of rotatable bonds is 4. The zero-order chi connectivity index (χ0) is 9.02. The minimum absolute atomic E-state index is 0.335. The maximum Gasteiger partial charge on any atom is 0.303 e. The Labute approximate surface area is 67.2 Å². The van der Waals surface area contributed by atoms with Crippen LogP contribution < -0.4 is 0 Å². The van der Waals surface area contributed by atoms with Crippen LogP contribution >= 0.6 is 0 Å². The Bertz CT molecular complexity index is 204. The topological polar surface area (TPSA) is 34.1 Å². The highest BCUT2D eigenvalue weighted by molar-refractivity contribution is 7.00. The standard InChI is InChI=1S/C8H10BO2/c1-5(2)7(10)9-8(11)6(3)4/h1,3H2,2,4H3. The molecule has 0 saturated carbocycles. The van der Waals surface area contributed by atoms with E-state index < -0.39 is 0 Å². The van der Waals surface area contributed by atoms with Gasteiger partial charge in [-0.2, -0.15) is 0 Å². The molecule has 1 radical (unpaired) electrons. The number of hydrogen-bond donors (Lipinski definition) is 0. The van der Waals surface area contributed by atoms with E-state index in [0.29, 0.717) is 11.1 Å². The Kier molecular flexibility index (Phi) is 3.51. The zero-order valence-corrected chi connectivity index (χ0v) is 6.81. The molecule has 0 amide bonds. The summed E-state index contributed by atoms with van der Waals surface area (Å²) in [4.78, 5) is 21.7. The average Bonchev–Trinajstić information content (AvgIpc) is 1.87. The van der Waals surface area contributed by atoms with Crippen LogP contribution in [-0.4, -0.2) is 18.6 Å². The lowest BCUT2D eigenvalue weighted by Crippen LogP contribution is -2.20. The van der Waals surface area contributed by atoms with Gasteiger partial charge >= 0.3 is 7.28 Å². The molecule has 0 aliphatic heterocycles.